The van der Waals surface area contributed by atoms with Gasteiger partial charge in [0.25, 0.3) is 0 Å². The Labute approximate surface area is 182 Å². The van der Waals surface area contributed by atoms with E-state index in [1.165, 1.54) is 0 Å². The molecule has 1 aromatic rings. The molecule has 1 saturated heterocycles. The van der Waals surface area contributed by atoms with Crippen molar-refractivity contribution in [2.45, 2.75) is 46.6 Å². The van der Waals surface area contributed by atoms with Crippen LogP contribution in [-0.2, 0) is 4.74 Å². The molecule has 0 amide bonds. The molecule has 0 aromatic heterocycles. The molecule has 1 unspecified atom stereocenters. The van der Waals surface area contributed by atoms with Gasteiger partial charge in [-0.1, -0.05) is 6.07 Å². The van der Waals surface area contributed by atoms with Crippen molar-refractivity contribution >= 4 is 5.96 Å². The molecule has 0 spiro atoms. The average Bonchev–Trinajstić information content (AvgIpc) is 2.76. The molecule has 1 aliphatic rings. The molecule has 1 atom stereocenters. The van der Waals surface area contributed by atoms with Gasteiger partial charge in [0.2, 0.25) is 0 Å². The van der Waals surface area contributed by atoms with Crippen LogP contribution in [0.3, 0.4) is 0 Å². The van der Waals surface area contributed by atoms with Crippen LogP contribution >= 0.6 is 0 Å². The van der Waals surface area contributed by atoms with E-state index in [1.807, 2.05) is 19.9 Å². The minimum Gasteiger partial charge on any atom is -0.490 e. The summed E-state index contributed by atoms with van der Waals surface area (Å²) in [5.74, 6) is 2.43. The van der Waals surface area contributed by atoms with Crippen molar-refractivity contribution in [1.82, 2.24) is 15.5 Å². The van der Waals surface area contributed by atoms with Gasteiger partial charge in [0, 0.05) is 26.2 Å². The molecule has 1 aliphatic heterocycles. The van der Waals surface area contributed by atoms with E-state index in [0.29, 0.717) is 13.2 Å². The number of guanidine groups is 1. The normalized spacial score (nSPS) is 16.2. The largest absolute Gasteiger partial charge is 0.490 e. The van der Waals surface area contributed by atoms with Crippen molar-refractivity contribution in [2.75, 3.05) is 59.2 Å². The highest BCUT2D eigenvalue weighted by Crippen LogP contribution is 2.30. The van der Waals surface area contributed by atoms with Gasteiger partial charge in [-0.05, 0) is 64.8 Å². The summed E-state index contributed by atoms with van der Waals surface area (Å²) in [5.41, 5.74) is 1.14. The second kappa shape index (κ2) is 14.1. The summed E-state index contributed by atoms with van der Waals surface area (Å²) >= 11 is 0. The fourth-order valence-electron chi connectivity index (χ4n) is 3.41. The maximum atomic E-state index is 5.76. The van der Waals surface area contributed by atoms with Crippen LogP contribution in [0, 0.1) is 0 Å². The van der Waals surface area contributed by atoms with E-state index in [1.54, 1.807) is 0 Å². The van der Waals surface area contributed by atoms with Crippen LogP contribution in [0.2, 0.25) is 0 Å². The third-order valence-corrected chi connectivity index (χ3v) is 5.02. The fraction of sp³-hybridized carbons (Fsp3) is 0.696. The van der Waals surface area contributed by atoms with Gasteiger partial charge in [-0.2, -0.15) is 0 Å². The molecule has 0 saturated carbocycles. The van der Waals surface area contributed by atoms with Crippen LogP contribution in [0.25, 0.3) is 0 Å². The third kappa shape index (κ3) is 8.40. The number of unbranched alkanes of at least 4 members (excludes halogenated alkanes) is 1. The summed E-state index contributed by atoms with van der Waals surface area (Å²) in [4.78, 5) is 7.24. The lowest BCUT2D eigenvalue weighted by Crippen LogP contribution is -2.39. The van der Waals surface area contributed by atoms with Gasteiger partial charge in [0.1, 0.15) is 0 Å². The quantitative estimate of drug-likeness (QED) is 0.307. The number of rotatable bonds is 12. The molecular formula is C23H40N4O3. The molecule has 1 heterocycles. The maximum absolute atomic E-state index is 5.76. The number of nitrogens with one attached hydrogen (secondary N) is 2. The number of hydrogen-bond acceptors (Lipinski definition) is 5. The van der Waals surface area contributed by atoms with Crippen molar-refractivity contribution < 1.29 is 14.2 Å². The van der Waals surface area contributed by atoms with Crippen LogP contribution in [0.5, 0.6) is 11.5 Å². The lowest BCUT2D eigenvalue weighted by molar-refractivity contribution is 0.0373. The molecule has 0 bridgehead atoms. The predicted octanol–water partition coefficient (Wildman–Crippen LogP) is 3.21. The number of benzene rings is 1. The van der Waals surface area contributed by atoms with Crippen molar-refractivity contribution in [3.05, 3.63) is 23.8 Å². The molecule has 2 N–H and O–H groups in total. The Balaban J connectivity index is 1.87. The van der Waals surface area contributed by atoms with Crippen LogP contribution < -0.4 is 20.1 Å². The van der Waals surface area contributed by atoms with Gasteiger partial charge in [-0.15, -0.1) is 0 Å². The standard InChI is InChI=1S/C23H40N4O3/c1-5-24-23(25-12-8-9-13-27-14-16-28-17-15-27)26-19(4)20-10-11-21(29-6-2)22(18-20)30-7-3/h10-11,18-19H,5-9,12-17H2,1-4H3,(H2,24,25,26). The summed E-state index contributed by atoms with van der Waals surface area (Å²) in [6.07, 6.45) is 2.24. The van der Waals surface area contributed by atoms with Crippen molar-refractivity contribution in [1.29, 1.82) is 0 Å². The molecule has 0 radical (unpaired) electrons. The zero-order valence-corrected chi connectivity index (χ0v) is 19.2. The average molecular weight is 421 g/mol. The molecular weight excluding hydrogens is 380 g/mol. The number of nitrogens with zero attached hydrogens (tertiary/aromatic N) is 2. The first kappa shape index (κ1) is 24.3. The lowest BCUT2D eigenvalue weighted by atomic mass is 10.1. The zero-order chi connectivity index (χ0) is 21.6. The Kier molecular flexibility index (Phi) is 11.4. The molecule has 0 aliphatic carbocycles. The first-order chi connectivity index (χ1) is 14.7. The molecule has 1 fully saturated rings. The predicted molar refractivity (Wildman–Crippen MR) is 123 cm³/mol. The number of hydrogen-bond donors (Lipinski definition) is 2. The van der Waals surface area contributed by atoms with E-state index in [0.717, 1.165) is 81.8 Å². The molecule has 1 aromatic carbocycles. The van der Waals surface area contributed by atoms with Gasteiger partial charge in [-0.3, -0.25) is 9.89 Å². The minimum absolute atomic E-state index is 0.103. The van der Waals surface area contributed by atoms with E-state index in [4.69, 9.17) is 19.2 Å². The third-order valence-electron chi connectivity index (χ3n) is 5.02. The van der Waals surface area contributed by atoms with Crippen molar-refractivity contribution in [2.24, 2.45) is 4.99 Å². The minimum atomic E-state index is 0.103. The Hall–Kier alpha value is -1.99. The summed E-state index contributed by atoms with van der Waals surface area (Å²) < 4.78 is 16.8. The lowest BCUT2D eigenvalue weighted by Gasteiger charge is -2.26. The van der Waals surface area contributed by atoms with Crippen LogP contribution in [-0.4, -0.2) is 70.0 Å². The molecule has 7 nitrogen and oxygen atoms in total. The van der Waals surface area contributed by atoms with Gasteiger partial charge in [0.15, 0.2) is 17.5 Å². The Morgan fingerprint density at radius 2 is 1.83 bits per heavy atom. The van der Waals surface area contributed by atoms with E-state index in [2.05, 4.69) is 41.5 Å². The summed E-state index contributed by atoms with van der Waals surface area (Å²) in [7, 11) is 0. The van der Waals surface area contributed by atoms with Gasteiger partial charge >= 0.3 is 0 Å². The second-order valence-corrected chi connectivity index (χ2v) is 7.36. The zero-order valence-electron chi connectivity index (χ0n) is 19.2. The summed E-state index contributed by atoms with van der Waals surface area (Å²) in [6.45, 7) is 16.0. The highest BCUT2D eigenvalue weighted by molar-refractivity contribution is 5.80. The fourth-order valence-corrected chi connectivity index (χ4v) is 3.41. The molecule has 2 rings (SSSR count). The van der Waals surface area contributed by atoms with Crippen LogP contribution in [0.1, 0.15) is 52.1 Å². The Morgan fingerprint density at radius 1 is 1.10 bits per heavy atom. The number of ether oxygens (including phenoxy) is 3. The molecule has 7 heteroatoms. The maximum Gasteiger partial charge on any atom is 0.191 e. The Bertz CT molecular complexity index is 633. The summed E-state index contributed by atoms with van der Waals surface area (Å²) in [5, 5.41) is 6.86. The van der Waals surface area contributed by atoms with E-state index >= 15 is 0 Å². The van der Waals surface area contributed by atoms with Crippen molar-refractivity contribution in [3.8, 4) is 11.5 Å². The van der Waals surface area contributed by atoms with Crippen LogP contribution in [0.15, 0.2) is 23.2 Å². The topological polar surface area (TPSA) is 67.4 Å². The Morgan fingerprint density at radius 3 is 2.53 bits per heavy atom. The smallest absolute Gasteiger partial charge is 0.191 e. The number of morpholine rings is 1. The van der Waals surface area contributed by atoms with E-state index in [-0.39, 0.29) is 6.04 Å². The van der Waals surface area contributed by atoms with Crippen LogP contribution in [0.4, 0.5) is 0 Å². The first-order valence-corrected chi connectivity index (χ1v) is 11.4. The van der Waals surface area contributed by atoms with Gasteiger partial charge in [-0.25, -0.2) is 0 Å². The molecule has 170 valence electrons. The SMILES string of the molecule is CCNC(=NCCCCN1CCOCC1)NC(C)c1ccc(OCC)c(OCC)c1. The van der Waals surface area contributed by atoms with Gasteiger partial charge < -0.3 is 24.8 Å². The molecule has 30 heavy (non-hydrogen) atoms. The number of aliphatic imine (C=N–C) groups is 1. The first-order valence-electron chi connectivity index (χ1n) is 11.4. The highest BCUT2D eigenvalue weighted by atomic mass is 16.5. The monoisotopic (exact) mass is 420 g/mol. The van der Waals surface area contributed by atoms with E-state index < -0.39 is 0 Å². The summed E-state index contributed by atoms with van der Waals surface area (Å²) in [6, 6.07) is 6.22. The van der Waals surface area contributed by atoms with Crippen molar-refractivity contribution in [3.63, 3.8) is 0 Å². The second-order valence-electron chi connectivity index (χ2n) is 7.36. The van der Waals surface area contributed by atoms with E-state index in [9.17, 15) is 0 Å². The van der Waals surface area contributed by atoms with Gasteiger partial charge in [0.05, 0.1) is 32.5 Å². The highest BCUT2D eigenvalue weighted by Gasteiger charge is 2.13.